The first-order valence-corrected chi connectivity index (χ1v) is 20.9. The van der Waals surface area contributed by atoms with Crippen molar-refractivity contribution in [2.45, 2.75) is 5.41 Å². The van der Waals surface area contributed by atoms with Gasteiger partial charge in [0.2, 0.25) is 11.9 Å². The molecule has 12 aromatic rings. The van der Waals surface area contributed by atoms with Crippen LogP contribution in [-0.4, -0.2) is 24.1 Å². The monoisotopic (exact) mass is 775 g/mol. The van der Waals surface area contributed by atoms with Crippen molar-refractivity contribution in [1.29, 1.82) is 0 Å². The van der Waals surface area contributed by atoms with Crippen LogP contribution in [0.15, 0.2) is 200 Å². The van der Waals surface area contributed by atoms with E-state index in [0.717, 1.165) is 43.8 Å². The molecule has 1 spiro atoms. The minimum atomic E-state index is -0.613. The van der Waals surface area contributed by atoms with Gasteiger partial charge in [0.15, 0.2) is 5.82 Å². The fraction of sp³-hybridized carbons (Fsp3) is 0.0179. The van der Waals surface area contributed by atoms with Gasteiger partial charge < -0.3 is 0 Å². The van der Waals surface area contributed by atoms with Crippen molar-refractivity contribution in [2.75, 3.05) is 0 Å². The van der Waals surface area contributed by atoms with Crippen LogP contribution in [0.25, 0.3) is 99.9 Å². The standard InChI is InChI=1S/C56H33N5/c1-2-18-34(19-3-1)53-57-54(60-46-31-15-9-22-37(46)38-23-10-16-32-47(38)60)59-55(58-53)61-48-33-17-11-27-42(48)50-40-25-5-4-24-39(40)49-41-26-8-14-30-45(41)56(51(49)52(50)61)43-28-12-6-20-35(43)36-21-7-13-29-44(36)56/h1-33H. The summed E-state index contributed by atoms with van der Waals surface area (Å²) in [5.41, 5.74) is 14.7. The van der Waals surface area contributed by atoms with Gasteiger partial charge in [-0.2, -0.15) is 15.0 Å². The van der Waals surface area contributed by atoms with E-state index >= 15 is 0 Å². The van der Waals surface area contributed by atoms with Gasteiger partial charge in [-0.15, -0.1) is 0 Å². The smallest absolute Gasteiger partial charge is 0.240 e. The van der Waals surface area contributed by atoms with Crippen molar-refractivity contribution in [3.05, 3.63) is 222 Å². The molecule has 61 heavy (non-hydrogen) atoms. The highest BCUT2D eigenvalue weighted by molar-refractivity contribution is 6.27. The molecular formula is C56H33N5. The van der Waals surface area contributed by atoms with E-state index in [0.29, 0.717) is 17.7 Å². The zero-order valence-corrected chi connectivity index (χ0v) is 32.8. The SMILES string of the molecule is c1ccc(-c2nc(-n3c4ccccc4c4ccccc43)nc(-n3c4ccccc4c4c5ccccc5c5c(c43)C3(c4ccccc4-c4ccccc43)c3ccccc3-5)n2)cc1. The molecule has 0 fully saturated rings. The Balaban J connectivity index is 1.22. The molecule has 0 bridgehead atoms. The molecule has 282 valence electrons. The summed E-state index contributed by atoms with van der Waals surface area (Å²) in [4.78, 5) is 16.4. The third-order valence-electron chi connectivity index (χ3n) is 13.4. The predicted molar refractivity (Wildman–Crippen MR) is 248 cm³/mol. The molecule has 2 aliphatic rings. The largest absolute Gasteiger partial charge is 0.278 e. The van der Waals surface area contributed by atoms with Crippen molar-refractivity contribution < 1.29 is 0 Å². The van der Waals surface area contributed by atoms with E-state index in [1.165, 1.54) is 60.7 Å². The average Bonchev–Trinajstić information content (AvgIpc) is 4.04. The van der Waals surface area contributed by atoms with Gasteiger partial charge in [-0.25, -0.2) is 0 Å². The first-order chi connectivity index (χ1) is 30.3. The van der Waals surface area contributed by atoms with Gasteiger partial charge in [-0.3, -0.25) is 9.13 Å². The predicted octanol–water partition coefficient (Wildman–Crippen LogP) is 13.2. The average molecular weight is 776 g/mol. The maximum atomic E-state index is 5.61. The number of hydrogen-bond acceptors (Lipinski definition) is 3. The molecule has 0 unspecified atom stereocenters. The molecule has 0 N–H and O–H groups in total. The summed E-state index contributed by atoms with van der Waals surface area (Å²) in [7, 11) is 0. The van der Waals surface area contributed by atoms with Gasteiger partial charge >= 0.3 is 0 Å². The van der Waals surface area contributed by atoms with E-state index in [2.05, 4.69) is 191 Å². The first kappa shape index (κ1) is 32.8. The normalized spacial score (nSPS) is 13.4. The fourth-order valence-electron chi connectivity index (χ4n) is 11.1. The Bertz CT molecular complexity index is 3740. The Kier molecular flexibility index (Phi) is 6.43. The van der Waals surface area contributed by atoms with Gasteiger partial charge in [0.25, 0.3) is 0 Å². The molecule has 5 heteroatoms. The quantitative estimate of drug-likeness (QED) is 0.180. The Morgan fingerprint density at radius 3 is 1.41 bits per heavy atom. The highest BCUT2D eigenvalue weighted by Crippen LogP contribution is 2.66. The van der Waals surface area contributed by atoms with Crippen LogP contribution in [0.5, 0.6) is 0 Å². The summed E-state index contributed by atoms with van der Waals surface area (Å²) in [6, 6.07) is 72.3. The fourth-order valence-corrected chi connectivity index (χ4v) is 11.1. The molecular weight excluding hydrogens is 743 g/mol. The highest BCUT2D eigenvalue weighted by atomic mass is 15.3. The Morgan fingerprint density at radius 2 is 0.787 bits per heavy atom. The molecule has 0 atom stereocenters. The zero-order valence-electron chi connectivity index (χ0n) is 32.8. The topological polar surface area (TPSA) is 48.5 Å². The molecule has 14 rings (SSSR count). The number of para-hydroxylation sites is 3. The van der Waals surface area contributed by atoms with Gasteiger partial charge in [-0.05, 0) is 67.9 Å². The van der Waals surface area contributed by atoms with Crippen molar-refractivity contribution in [3.63, 3.8) is 0 Å². The number of benzene rings is 9. The lowest BCUT2D eigenvalue weighted by atomic mass is 9.70. The highest BCUT2D eigenvalue weighted by Gasteiger charge is 2.53. The summed E-state index contributed by atoms with van der Waals surface area (Å²) < 4.78 is 4.56. The summed E-state index contributed by atoms with van der Waals surface area (Å²) >= 11 is 0. The lowest BCUT2D eigenvalue weighted by Gasteiger charge is -2.31. The second-order valence-corrected chi connectivity index (χ2v) is 16.3. The lowest BCUT2D eigenvalue weighted by molar-refractivity contribution is 0.794. The van der Waals surface area contributed by atoms with Crippen molar-refractivity contribution in [2.24, 2.45) is 0 Å². The summed E-state index contributed by atoms with van der Waals surface area (Å²) in [6.07, 6.45) is 0. The minimum Gasteiger partial charge on any atom is -0.278 e. The first-order valence-electron chi connectivity index (χ1n) is 20.9. The van der Waals surface area contributed by atoms with Crippen LogP contribution in [0.2, 0.25) is 0 Å². The summed E-state index contributed by atoms with van der Waals surface area (Å²) in [6.45, 7) is 0. The number of aromatic nitrogens is 5. The Labute approximate surface area is 350 Å². The number of hydrogen-bond donors (Lipinski definition) is 0. The van der Waals surface area contributed by atoms with Crippen molar-refractivity contribution >= 4 is 54.4 Å². The third-order valence-corrected chi connectivity index (χ3v) is 13.4. The van der Waals surface area contributed by atoms with Gasteiger partial charge in [0.1, 0.15) is 0 Å². The maximum Gasteiger partial charge on any atom is 0.240 e. The van der Waals surface area contributed by atoms with Crippen LogP contribution in [0, 0.1) is 0 Å². The van der Waals surface area contributed by atoms with Crippen molar-refractivity contribution in [3.8, 4) is 45.5 Å². The van der Waals surface area contributed by atoms with Crippen LogP contribution < -0.4 is 0 Å². The van der Waals surface area contributed by atoms with E-state index in [4.69, 9.17) is 15.0 Å². The maximum absolute atomic E-state index is 5.61. The van der Waals surface area contributed by atoms with E-state index in [9.17, 15) is 0 Å². The Morgan fingerprint density at radius 1 is 0.344 bits per heavy atom. The zero-order chi connectivity index (χ0) is 39.8. The molecule has 5 nitrogen and oxygen atoms in total. The minimum absolute atomic E-state index is 0.569. The third kappa shape index (κ3) is 4.12. The van der Waals surface area contributed by atoms with Gasteiger partial charge in [0.05, 0.1) is 27.5 Å². The van der Waals surface area contributed by atoms with E-state index in [1.54, 1.807) is 0 Å². The summed E-state index contributed by atoms with van der Waals surface area (Å²) in [5, 5.41) is 7.10. The molecule has 0 saturated heterocycles. The van der Waals surface area contributed by atoms with Crippen LogP contribution in [0.4, 0.5) is 0 Å². The molecule has 0 amide bonds. The summed E-state index contributed by atoms with van der Waals surface area (Å²) in [5.74, 6) is 1.75. The Hall–Kier alpha value is -8.15. The molecule has 2 aliphatic carbocycles. The van der Waals surface area contributed by atoms with Crippen LogP contribution in [0.3, 0.4) is 0 Å². The van der Waals surface area contributed by atoms with Crippen molar-refractivity contribution in [1.82, 2.24) is 24.1 Å². The second-order valence-electron chi connectivity index (χ2n) is 16.3. The number of nitrogens with zero attached hydrogens (tertiary/aromatic N) is 5. The molecule has 0 saturated carbocycles. The molecule has 0 radical (unpaired) electrons. The van der Waals surface area contributed by atoms with Gasteiger partial charge in [-0.1, -0.05) is 182 Å². The van der Waals surface area contributed by atoms with E-state index < -0.39 is 5.41 Å². The van der Waals surface area contributed by atoms with E-state index in [-0.39, 0.29) is 0 Å². The molecule has 3 aromatic heterocycles. The number of fused-ring (bicyclic) bond motifs is 20. The van der Waals surface area contributed by atoms with Crippen LogP contribution in [0.1, 0.15) is 22.3 Å². The van der Waals surface area contributed by atoms with E-state index in [1.807, 2.05) is 18.2 Å². The molecule has 0 aliphatic heterocycles. The number of rotatable bonds is 3. The molecule has 9 aromatic carbocycles. The van der Waals surface area contributed by atoms with Crippen LogP contribution in [-0.2, 0) is 5.41 Å². The van der Waals surface area contributed by atoms with Gasteiger partial charge in [0, 0.05) is 32.7 Å². The second kappa shape index (κ2) is 12.0. The van der Waals surface area contributed by atoms with Crippen LogP contribution >= 0.6 is 0 Å². The lowest BCUT2D eigenvalue weighted by Crippen LogP contribution is -2.27. The molecule has 3 heterocycles.